The molecule has 0 unspecified atom stereocenters. The number of benzene rings is 1. The number of methoxy groups -OCH3 is 1. The smallest absolute Gasteiger partial charge is 0.243 e. The van der Waals surface area contributed by atoms with Gasteiger partial charge in [-0.05, 0) is 43.3 Å². The van der Waals surface area contributed by atoms with Gasteiger partial charge in [-0.15, -0.1) is 0 Å². The summed E-state index contributed by atoms with van der Waals surface area (Å²) in [5.74, 6) is 0. The Morgan fingerprint density at radius 1 is 1.25 bits per heavy atom. The zero-order chi connectivity index (χ0) is 17.7. The molecule has 0 aromatic heterocycles. The standard InChI is InChI=1S/C16H25N3O3S2/c1-13-4-5-14(2)15(12-13)24(20,21)19-9-7-18(8-10-19)16(23)17-6-11-22-3/h4-5,12H,6-11H2,1-3H3,(H,17,23). The molecule has 1 aliphatic heterocycles. The van der Waals surface area contributed by atoms with E-state index in [1.807, 2.05) is 30.9 Å². The lowest BCUT2D eigenvalue weighted by Crippen LogP contribution is -2.53. The Kier molecular flexibility index (Phi) is 6.56. The van der Waals surface area contributed by atoms with Crippen molar-refractivity contribution in [2.75, 3.05) is 46.4 Å². The summed E-state index contributed by atoms with van der Waals surface area (Å²) in [5.41, 5.74) is 1.72. The third-order valence-corrected chi connectivity index (χ3v) is 6.51. The van der Waals surface area contributed by atoms with Gasteiger partial charge in [0.05, 0.1) is 11.5 Å². The van der Waals surface area contributed by atoms with Gasteiger partial charge in [0.2, 0.25) is 10.0 Å². The van der Waals surface area contributed by atoms with Gasteiger partial charge in [-0.1, -0.05) is 12.1 Å². The van der Waals surface area contributed by atoms with Crippen LogP contribution < -0.4 is 5.32 Å². The largest absolute Gasteiger partial charge is 0.383 e. The molecular formula is C16H25N3O3S2. The molecule has 1 saturated heterocycles. The normalized spacial score (nSPS) is 16.2. The van der Waals surface area contributed by atoms with Crippen LogP contribution in [0.15, 0.2) is 23.1 Å². The van der Waals surface area contributed by atoms with Crippen molar-refractivity contribution in [3.05, 3.63) is 29.3 Å². The van der Waals surface area contributed by atoms with Crippen LogP contribution in [0.2, 0.25) is 0 Å². The Hall–Kier alpha value is -1.22. The lowest BCUT2D eigenvalue weighted by atomic mass is 10.2. The van der Waals surface area contributed by atoms with Crippen LogP contribution in [0.5, 0.6) is 0 Å². The van der Waals surface area contributed by atoms with Gasteiger partial charge in [0.15, 0.2) is 5.11 Å². The van der Waals surface area contributed by atoms with E-state index >= 15 is 0 Å². The number of aryl methyl sites for hydroxylation is 2. The Balaban J connectivity index is 2.01. The molecule has 2 rings (SSSR count). The highest BCUT2D eigenvalue weighted by Crippen LogP contribution is 2.22. The van der Waals surface area contributed by atoms with Crippen LogP contribution >= 0.6 is 12.2 Å². The molecule has 6 nitrogen and oxygen atoms in total. The quantitative estimate of drug-likeness (QED) is 0.618. The average Bonchev–Trinajstić information content (AvgIpc) is 2.57. The molecule has 0 aliphatic carbocycles. The summed E-state index contributed by atoms with van der Waals surface area (Å²) in [5, 5.41) is 3.77. The summed E-state index contributed by atoms with van der Waals surface area (Å²) in [4.78, 5) is 2.40. The van der Waals surface area contributed by atoms with Gasteiger partial charge in [0.25, 0.3) is 0 Å². The third-order valence-electron chi connectivity index (χ3n) is 4.07. The van der Waals surface area contributed by atoms with Crippen LogP contribution in [0, 0.1) is 13.8 Å². The van der Waals surface area contributed by atoms with Gasteiger partial charge in [0.1, 0.15) is 0 Å². The molecule has 8 heteroatoms. The van der Waals surface area contributed by atoms with Crippen LogP contribution in [-0.2, 0) is 14.8 Å². The zero-order valence-electron chi connectivity index (χ0n) is 14.4. The van der Waals surface area contributed by atoms with Crippen molar-refractivity contribution < 1.29 is 13.2 Å². The van der Waals surface area contributed by atoms with Gasteiger partial charge >= 0.3 is 0 Å². The van der Waals surface area contributed by atoms with Crippen molar-refractivity contribution in [3.8, 4) is 0 Å². The Labute approximate surface area is 149 Å². The second kappa shape index (κ2) is 8.24. The summed E-state index contributed by atoms with van der Waals surface area (Å²) >= 11 is 5.34. The number of piperazine rings is 1. The van der Waals surface area contributed by atoms with Gasteiger partial charge in [-0.2, -0.15) is 4.31 Å². The molecule has 1 N–H and O–H groups in total. The van der Waals surface area contributed by atoms with Gasteiger partial charge < -0.3 is 15.0 Å². The van der Waals surface area contributed by atoms with E-state index in [2.05, 4.69) is 5.32 Å². The molecule has 0 spiro atoms. The highest BCUT2D eigenvalue weighted by Gasteiger charge is 2.30. The summed E-state index contributed by atoms with van der Waals surface area (Å²) in [6, 6.07) is 5.53. The fourth-order valence-electron chi connectivity index (χ4n) is 2.63. The predicted molar refractivity (Wildman–Crippen MR) is 98.7 cm³/mol. The SMILES string of the molecule is COCCNC(=S)N1CCN(S(=O)(=O)c2cc(C)ccc2C)CC1. The summed E-state index contributed by atoms with van der Waals surface area (Å²) in [7, 11) is -1.82. The first-order valence-corrected chi connectivity index (χ1v) is 9.80. The molecule has 0 saturated carbocycles. The van der Waals surface area contributed by atoms with E-state index in [1.165, 1.54) is 0 Å². The second-order valence-corrected chi connectivity index (χ2v) is 8.18. The Bertz CT molecular complexity index is 684. The lowest BCUT2D eigenvalue weighted by Gasteiger charge is -2.35. The topological polar surface area (TPSA) is 61.9 Å². The first-order valence-electron chi connectivity index (χ1n) is 7.95. The van der Waals surface area contributed by atoms with E-state index in [-0.39, 0.29) is 0 Å². The molecule has 134 valence electrons. The van der Waals surface area contributed by atoms with Gasteiger partial charge in [-0.3, -0.25) is 0 Å². The first kappa shape index (κ1) is 19.1. The van der Waals surface area contributed by atoms with Crippen molar-refractivity contribution in [1.29, 1.82) is 0 Å². The van der Waals surface area contributed by atoms with E-state index < -0.39 is 10.0 Å². The summed E-state index contributed by atoms with van der Waals surface area (Å²) < 4.78 is 32.3. The highest BCUT2D eigenvalue weighted by atomic mass is 32.2. The number of hydrogen-bond donors (Lipinski definition) is 1. The van der Waals surface area contributed by atoms with Crippen molar-refractivity contribution in [2.45, 2.75) is 18.7 Å². The zero-order valence-corrected chi connectivity index (χ0v) is 16.0. The number of sulfonamides is 1. The first-order chi connectivity index (χ1) is 11.4. The van der Waals surface area contributed by atoms with Crippen LogP contribution in [-0.4, -0.2) is 69.2 Å². The number of ether oxygens (including phenoxy) is 1. The molecule has 1 fully saturated rings. The molecule has 1 aliphatic rings. The maximum Gasteiger partial charge on any atom is 0.243 e. The maximum absolute atomic E-state index is 12.9. The molecule has 1 aromatic carbocycles. The molecule has 1 heterocycles. The van der Waals surface area contributed by atoms with Crippen LogP contribution in [0.1, 0.15) is 11.1 Å². The number of hydrogen-bond acceptors (Lipinski definition) is 4. The Morgan fingerprint density at radius 2 is 1.92 bits per heavy atom. The average molecular weight is 372 g/mol. The monoisotopic (exact) mass is 371 g/mol. The minimum Gasteiger partial charge on any atom is -0.383 e. The maximum atomic E-state index is 12.9. The fourth-order valence-corrected chi connectivity index (χ4v) is 4.64. The van der Waals surface area contributed by atoms with Crippen molar-refractivity contribution in [3.63, 3.8) is 0 Å². The second-order valence-electron chi connectivity index (χ2n) is 5.88. The summed E-state index contributed by atoms with van der Waals surface area (Å²) in [6.07, 6.45) is 0. The number of nitrogens with zero attached hydrogens (tertiary/aromatic N) is 2. The Morgan fingerprint density at radius 3 is 2.54 bits per heavy atom. The minimum atomic E-state index is -3.46. The van der Waals surface area contributed by atoms with Crippen LogP contribution in [0.3, 0.4) is 0 Å². The molecule has 0 atom stereocenters. The number of nitrogens with one attached hydrogen (secondary N) is 1. The molecule has 1 aromatic rings. The van der Waals surface area contributed by atoms with Crippen molar-refractivity contribution in [2.24, 2.45) is 0 Å². The van der Waals surface area contributed by atoms with E-state index in [4.69, 9.17) is 17.0 Å². The van der Waals surface area contributed by atoms with Crippen molar-refractivity contribution >= 4 is 27.4 Å². The van der Waals surface area contributed by atoms with E-state index in [1.54, 1.807) is 17.5 Å². The fraction of sp³-hybridized carbons (Fsp3) is 0.562. The molecule has 0 bridgehead atoms. The molecular weight excluding hydrogens is 346 g/mol. The van der Waals surface area contributed by atoms with E-state index in [0.29, 0.717) is 49.3 Å². The number of thiocarbonyl (C=S) groups is 1. The molecule has 0 radical (unpaired) electrons. The van der Waals surface area contributed by atoms with Crippen LogP contribution in [0.25, 0.3) is 0 Å². The third kappa shape index (κ3) is 4.44. The highest BCUT2D eigenvalue weighted by molar-refractivity contribution is 7.89. The minimum absolute atomic E-state index is 0.400. The van der Waals surface area contributed by atoms with E-state index in [0.717, 1.165) is 11.1 Å². The van der Waals surface area contributed by atoms with Crippen LogP contribution in [0.4, 0.5) is 0 Å². The van der Waals surface area contributed by atoms with Crippen molar-refractivity contribution in [1.82, 2.24) is 14.5 Å². The molecule has 24 heavy (non-hydrogen) atoms. The molecule has 0 amide bonds. The van der Waals surface area contributed by atoms with Gasteiger partial charge in [0, 0.05) is 39.8 Å². The van der Waals surface area contributed by atoms with Gasteiger partial charge in [-0.25, -0.2) is 8.42 Å². The predicted octanol–water partition coefficient (Wildman–Crippen LogP) is 1.13. The van der Waals surface area contributed by atoms with E-state index in [9.17, 15) is 8.42 Å². The number of rotatable bonds is 5. The lowest BCUT2D eigenvalue weighted by molar-refractivity contribution is 0.201. The summed E-state index contributed by atoms with van der Waals surface area (Å²) in [6.45, 7) is 7.00.